The van der Waals surface area contributed by atoms with Crippen LogP contribution in [-0.2, 0) is 9.53 Å². The SMILES string of the molecule is C=C1c2ccccc2C(=O)N1C(C)C(=O)NCCOC. The van der Waals surface area contributed by atoms with Crippen LogP contribution in [0.1, 0.15) is 22.8 Å². The molecular weight excluding hydrogens is 256 g/mol. The minimum Gasteiger partial charge on any atom is -0.383 e. The molecule has 0 aromatic heterocycles. The van der Waals surface area contributed by atoms with Crippen LogP contribution in [-0.4, -0.2) is 43.0 Å². The number of hydrogen-bond acceptors (Lipinski definition) is 3. The van der Waals surface area contributed by atoms with Crippen LogP contribution in [0.3, 0.4) is 0 Å². The third kappa shape index (κ3) is 2.44. The van der Waals surface area contributed by atoms with Gasteiger partial charge in [0.25, 0.3) is 5.91 Å². The van der Waals surface area contributed by atoms with E-state index in [-0.39, 0.29) is 11.8 Å². The lowest BCUT2D eigenvalue weighted by atomic mass is 10.1. The van der Waals surface area contributed by atoms with Gasteiger partial charge in [-0.25, -0.2) is 0 Å². The van der Waals surface area contributed by atoms with Gasteiger partial charge in [0.15, 0.2) is 0 Å². The Hall–Kier alpha value is -2.14. The number of fused-ring (bicyclic) bond motifs is 1. The van der Waals surface area contributed by atoms with Gasteiger partial charge in [-0.2, -0.15) is 0 Å². The Labute approximate surface area is 118 Å². The second-order valence-corrected chi connectivity index (χ2v) is 4.63. The highest BCUT2D eigenvalue weighted by molar-refractivity contribution is 6.10. The lowest BCUT2D eigenvalue weighted by Crippen LogP contribution is -2.45. The van der Waals surface area contributed by atoms with Crippen LogP contribution in [0.25, 0.3) is 5.70 Å². The topological polar surface area (TPSA) is 58.6 Å². The Kier molecular flexibility index (Phi) is 4.20. The highest BCUT2D eigenvalue weighted by Gasteiger charge is 2.36. The largest absolute Gasteiger partial charge is 0.383 e. The summed E-state index contributed by atoms with van der Waals surface area (Å²) < 4.78 is 4.88. The zero-order valence-corrected chi connectivity index (χ0v) is 11.7. The minimum absolute atomic E-state index is 0.181. The molecule has 106 valence electrons. The van der Waals surface area contributed by atoms with Crippen LogP contribution in [0, 0.1) is 0 Å². The number of ether oxygens (including phenoxy) is 1. The van der Waals surface area contributed by atoms with E-state index < -0.39 is 6.04 Å². The van der Waals surface area contributed by atoms with Crippen molar-refractivity contribution in [3.63, 3.8) is 0 Å². The van der Waals surface area contributed by atoms with Crippen LogP contribution < -0.4 is 5.32 Å². The molecule has 0 bridgehead atoms. The third-order valence-corrected chi connectivity index (χ3v) is 3.35. The maximum absolute atomic E-state index is 12.3. The normalized spacial score (nSPS) is 15.2. The molecule has 0 saturated heterocycles. The smallest absolute Gasteiger partial charge is 0.259 e. The summed E-state index contributed by atoms with van der Waals surface area (Å²) in [7, 11) is 1.57. The number of methoxy groups -OCH3 is 1. The van der Waals surface area contributed by atoms with Crippen molar-refractivity contribution in [2.45, 2.75) is 13.0 Å². The van der Waals surface area contributed by atoms with E-state index >= 15 is 0 Å². The van der Waals surface area contributed by atoms with Gasteiger partial charge in [0.2, 0.25) is 5.91 Å². The van der Waals surface area contributed by atoms with Crippen molar-refractivity contribution in [2.75, 3.05) is 20.3 Å². The monoisotopic (exact) mass is 274 g/mol. The van der Waals surface area contributed by atoms with Crippen molar-refractivity contribution in [1.82, 2.24) is 10.2 Å². The number of rotatable bonds is 5. The molecule has 1 unspecified atom stereocenters. The Bertz CT molecular complexity index is 519. The molecule has 2 amide bonds. The molecule has 1 aromatic rings. The quantitative estimate of drug-likeness (QED) is 0.822. The zero-order valence-electron chi connectivity index (χ0n) is 11.7. The molecule has 1 aliphatic rings. The Morgan fingerprint density at radius 3 is 2.65 bits per heavy atom. The molecule has 0 saturated carbocycles. The van der Waals surface area contributed by atoms with E-state index in [0.717, 1.165) is 5.56 Å². The predicted molar refractivity (Wildman–Crippen MR) is 76.0 cm³/mol. The van der Waals surface area contributed by atoms with Crippen molar-refractivity contribution < 1.29 is 14.3 Å². The van der Waals surface area contributed by atoms with Gasteiger partial charge in [-0.1, -0.05) is 24.8 Å². The van der Waals surface area contributed by atoms with Gasteiger partial charge in [-0.05, 0) is 13.0 Å². The van der Waals surface area contributed by atoms with Crippen molar-refractivity contribution >= 4 is 17.5 Å². The molecule has 1 heterocycles. The summed E-state index contributed by atoms with van der Waals surface area (Å²) in [5, 5.41) is 2.73. The van der Waals surface area contributed by atoms with Gasteiger partial charge in [-0.15, -0.1) is 0 Å². The van der Waals surface area contributed by atoms with Crippen molar-refractivity contribution in [2.24, 2.45) is 0 Å². The van der Waals surface area contributed by atoms with Crippen LogP contribution in [0.2, 0.25) is 0 Å². The molecule has 5 heteroatoms. The molecule has 0 radical (unpaired) electrons. The van der Waals surface area contributed by atoms with Gasteiger partial charge in [0.05, 0.1) is 6.61 Å². The van der Waals surface area contributed by atoms with E-state index in [1.54, 1.807) is 26.2 Å². The second kappa shape index (κ2) is 5.88. The standard InChI is InChI=1S/C15H18N2O3/c1-10-12-6-4-5-7-13(12)15(19)17(10)11(2)14(18)16-8-9-20-3/h4-7,11H,1,8-9H2,2-3H3,(H,16,18). The maximum atomic E-state index is 12.3. The predicted octanol–water partition coefficient (Wildman–Crippen LogP) is 1.26. The first-order valence-electron chi connectivity index (χ1n) is 6.46. The Morgan fingerprint density at radius 2 is 2.05 bits per heavy atom. The van der Waals surface area contributed by atoms with Crippen LogP contribution in [0.4, 0.5) is 0 Å². The van der Waals surface area contributed by atoms with E-state index in [0.29, 0.717) is 24.4 Å². The third-order valence-electron chi connectivity index (χ3n) is 3.35. The molecular formula is C15H18N2O3. The number of carbonyl (C=O) groups excluding carboxylic acids is 2. The molecule has 20 heavy (non-hydrogen) atoms. The van der Waals surface area contributed by atoms with E-state index in [4.69, 9.17) is 4.74 Å². The van der Waals surface area contributed by atoms with Crippen molar-refractivity contribution in [3.8, 4) is 0 Å². The van der Waals surface area contributed by atoms with Gasteiger partial charge >= 0.3 is 0 Å². The highest BCUT2D eigenvalue weighted by atomic mass is 16.5. The first-order chi connectivity index (χ1) is 9.57. The Balaban J connectivity index is 2.13. The van der Waals surface area contributed by atoms with Gasteiger partial charge in [0, 0.05) is 30.5 Å². The number of nitrogens with one attached hydrogen (secondary N) is 1. The van der Waals surface area contributed by atoms with Gasteiger partial charge < -0.3 is 10.1 Å². The van der Waals surface area contributed by atoms with Crippen LogP contribution >= 0.6 is 0 Å². The summed E-state index contributed by atoms with van der Waals surface area (Å²) in [4.78, 5) is 25.8. The number of amides is 2. The summed E-state index contributed by atoms with van der Waals surface area (Å²) >= 11 is 0. The highest BCUT2D eigenvalue weighted by Crippen LogP contribution is 2.32. The van der Waals surface area contributed by atoms with Crippen molar-refractivity contribution in [3.05, 3.63) is 42.0 Å². The Morgan fingerprint density at radius 1 is 1.40 bits per heavy atom. The number of benzene rings is 1. The van der Waals surface area contributed by atoms with Crippen LogP contribution in [0.5, 0.6) is 0 Å². The number of nitrogens with zero attached hydrogens (tertiary/aromatic N) is 1. The van der Waals surface area contributed by atoms with E-state index in [9.17, 15) is 9.59 Å². The lowest BCUT2D eigenvalue weighted by molar-refractivity contribution is -0.124. The molecule has 1 atom stereocenters. The fourth-order valence-corrected chi connectivity index (χ4v) is 2.25. The van der Waals surface area contributed by atoms with E-state index in [1.165, 1.54) is 4.90 Å². The molecule has 0 fully saturated rings. The molecule has 0 spiro atoms. The zero-order chi connectivity index (χ0) is 14.7. The summed E-state index contributed by atoms with van der Waals surface area (Å²) in [6, 6.07) is 6.64. The number of carbonyl (C=O) groups is 2. The van der Waals surface area contributed by atoms with Gasteiger partial charge in [0.1, 0.15) is 6.04 Å². The summed E-state index contributed by atoms with van der Waals surface area (Å²) in [6.45, 7) is 6.48. The summed E-state index contributed by atoms with van der Waals surface area (Å²) in [5.41, 5.74) is 1.95. The van der Waals surface area contributed by atoms with Gasteiger partial charge in [-0.3, -0.25) is 14.5 Å². The molecule has 0 aliphatic carbocycles. The first-order valence-corrected chi connectivity index (χ1v) is 6.46. The molecule has 1 N–H and O–H groups in total. The average Bonchev–Trinajstić information content (AvgIpc) is 2.71. The molecule has 1 aromatic carbocycles. The fraction of sp³-hybridized carbons (Fsp3) is 0.333. The van der Waals surface area contributed by atoms with Crippen LogP contribution in [0.15, 0.2) is 30.8 Å². The molecule has 2 rings (SSSR count). The molecule has 1 aliphatic heterocycles. The minimum atomic E-state index is -0.598. The maximum Gasteiger partial charge on any atom is 0.259 e. The van der Waals surface area contributed by atoms with Crippen molar-refractivity contribution in [1.29, 1.82) is 0 Å². The van der Waals surface area contributed by atoms with E-state index in [1.807, 2.05) is 12.1 Å². The first kappa shape index (κ1) is 14.3. The fourth-order valence-electron chi connectivity index (χ4n) is 2.25. The lowest BCUT2D eigenvalue weighted by Gasteiger charge is -2.24. The van der Waals surface area contributed by atoms with E-state index in [2.05, 4.69) is 11.9 Å². The second-order valence-electron chi connectivity index (χ2n) is 4.63. The average molecular weight is 274 g/mol. The number of hydrogen-bond donors (Lipinski definition) is 1. The summed E-state index contributed by atoms with van der Waals surface area (Å²) in [6.07, 6.45) is 0. The summed E-state index contributed by atoms with van der Waals surface area (Å²) in [5.74, 6) is -0.399. The molecule has 5 nitrogen and oxygen atoms in total.